The highest BCUT2D eigenvalue weighted by Crippen LogP contribution is 2.33. The summed E-state index contributed by atoms with van der Waals surface area (Å²) < 4.78 is 0. The minimum atomic E-state index is 0.329. The van der Waals surface area contributed by atoms with E-state index in [0.29, 0.717) is 30.0 Å². The first-order valence-corrected chi connectivity index (χ1v) is 9.41. The third kappa shape index (κ3) is 6.43. The van der Waals surface area contributed by atoms with Crippen molar-refractivity contribution < 1.29 is 9.63 Å². The number of hydrogen-bond donors (Lipinski definition) is 1. The van der Waals surface area contributed by atoms with Crippen molar-refractivity contribution in [1.82, 2.24) is 5.48 Å². The van der Waals surface area contributed by atoms with E-state index in [1.165, 1.54) is 6.42 Å². The molecule has 0 amide bonds. The molecule has 0 aromatic heterocycles. The van der Waals surface area contributed by atoms with Crippen LogP contribution in [0.1, 0.15) is 66.2 Å². The predicted molar refractivity (Wildman–Crippen MR) is 91.3 cm³/mol. The second kappa shape index (κ2) is 10.3. The highest BCUT2D eigenvalue weighted by molar-refractivity contribution is 7.99. The molecule has 2 atom stereocenters. The third-order valence-corrected chi connectivity index (χ3v) is 5.03. The molecule has 122 valence electrons. The lowest BCUT2D eigenvalue weighted by Gasteiger charge is -2.27. The number of carbonyl (C=O) groups excluding carboxylic acids is 1. The highest BCUT2D eigenvalue weighted by atomic mass is 32.2. The van der Waals surface area contributed by atoms with E-state index in [2.05, 4.69) is 26.3 Å². The van der Waals surface area contributed by atoms with Crippen molar-refractivity contribution in [2.24, 2.45) is 5.92 Å². The zero-order valence-corrected chi connectivity index (χ0v) is 14.9. The second-order valence-corrected chi connectivity index (χ2v) is 7.49. The van der Waals surface area contributed by atoms with Crippen LogP contribution in [0.25, 0.3) is 0 Å². The number of hydrogen-bond acceptors (Lipinski definition) is 4. The molecule has 0 saturated heterocycles. The molecule has 0 aromatic carbocycles. The molecule has 1 fully saturated rings. The van der Waals surface area contributed by atoms with E-state index in [9.17, 15) is 4.79 Å². The summed E-state index contributed by atoms with van der Waals surface area (Å²) >= 11 is 2.00. The largest absolute Gasteiger partial charge is 0.294 e. The van der Waals surface area contributed by atoms with Gasteiger partial charge in [0.25, 0.3) is 0 Å². The molecule has 2 unspecified atom stereocenters. The van der Waals surface area contributed by atoms with Crippen LogP contribution in [0.15, 0.2) is 11.3 Å². The van der Waals surface area contributed by atoms with Crippen LogP contribution in [-0.4, -0.2) is 23.4 Å². The summed E-state index contributed by atoms with van der Waals surface area (Å²) in [4.78, 5) is 17.8. The van der Waals surface area contributed by atoms with Crippen molar-refractivity contribution in [1.29, 1.82) is 0 Å². The van der Waals surface area contributed by atoms with Crippen LogP contribution < -0.4 is 5.48 Å². The van der Waals surface area contributed by atoms with Crippen LogP contribution in [-0.2, 0) is 9.63 Å². The van der Waals surface area contributed by atoms with Gasteiger partial charge in [0, 0.05) is 22.9 Å². The Hall–Kier alpha value is -0.480. The zero-order valence-electron chi connectivity index (χ0n) is 14.0. The van der Waals surface area contributed by atoms with E-state index in [1.54, 1.807) is 0 Å². The molecular formula is C17H31NO2S. The van der Waals surface area contributed by atoms with Crippen LogP contribution in [0.4, 0.5) is 0 Å². The summed E-state index contributed by atoms with van der Waals surface area (Å²) in [6, 6.07) is 0. The minimum absolute atomic E-state index is 0.329. The van der Waals surface area contributed by atoms with Gasteiger partial charge in [-0.15, -0.1) is 0 Å². The topological polar surface area (TPSA) is 38.3 Å². The first kappa shape index (κ1) is 18.6. The van der Waals surface area contributed by atoms with Gasteiger partial charge in [-0.3, -0.25) is 15.1 Å². The fourth-order valence-corrected chi connectivity index (χ4v) is 3.97. The Morgan fingerprint density at radius 2 is 2.19 bits per heavy atom. The fraction of sp³-hybridized carbons (Fsp3) is 0.824. The maximum absolute atomic E-state index is 12.5. The molecule has 21 heavy (non-hydrogen) atoms. The smallest absolute Gasteiger partial charge is 0.160 e. The van der Waals surface area contributed by atoms with E-state index in [1.807, 2.05) is 18.7 Å². The number of hydroxylamine groups is 1. The van der Waals surface area contributed by atoms with Crippen molar-refractivity contribution in [2.75, 3.05) is 12.4 Å². The lowest BCUT2D eigenvalue weighted by atomic mass is 9.81. The Kier molecular flexibility index (Phi) is 9.09. The summed E-state index contributed by atoms with van der Waals surface area (Å²) in [5.74, 6) is 2.05. The van der Waals surface area contributed by atoms with Crippen LogP contribution in [0.3, 0.4) is 0 Å². The van der Waals surface area contributed by atoms with Crippen molar-refractivity contribution in [2.45, 2.75) is 71.5 Å². The Bertz CT molecular complexity index is 355. The average Bonchev–Trinajstić information content (AvgIpc) is 2.44. The van der Waals surface area contributed by atoms with Crippen LogP contribution in [0, 0.1) is 5.92 Å². The SMILES string of the molecule is CCCC(NOCC)=C1CCC(CC(C)SCC)CC1=O. The maximum atomic E-state index is 12.5. The summed E-state index contributed by atoms with van der Waals surface area (Å²) in [6.45, 7) is 9.18. The van der Waals surface area contributed by atoms with E-state index in [4.69, 9.17) is 4.84 Å². The first-order chi connectivity index (χ1) is 10.1. The number of thioether (sulfide) groups is 1. The minimum Gasteiger partial charge on any atom is -0.294 e. The molecule has 1 rings (SSSR count). The standard InChI is InChI=1S/C17H31NO2S/c1-5-8-16(18-20-6-2)15-10-9-14(12-17(15)19)11-13(4)21-7-3/h13-14,18H,5-12H2,1-4H3. The normalized spacial score (nSPS) is 23.0. The molecule has 1 aliphatic rings. The molecule has 1 N–H and O–H groups in total. The van der Waals surface area contributed by atoms with Gasteiger partial charge in [0.2, 0.25) is 0 Å². The average molecular weight is 314 g/mol. The summed E-state index contributed by atoms with van der Waals surface area (Å²) in [5.41, 5.74) is 5.00. The molecule has 1 saturated carbocycles. The van der Waals surface area contributed by atoms with E-state index < -0.39 is 0 Å². The predicted octanol–water partition coefficient (Wildman–Crippen LogP) is 4.48. The Morgan fingerprint density at radius 3 is 2.76 bits per heavy atom. The summed E-state index contributed by atoms with van der Waals surface area (Å²) in [6.07, 6.45) is 5.84. The van der Waals surface area contributed by atoms with E-state index >= 15 is 0 Å². The van der Waals surface area contributed by atoms with Gasteiger partial charge in [-0.25, -0.2) is 0 Å². The molecular weight excluding hydrogens is 282 g/mol. The second-order valence-electron chi connectivity index (χ2n) is 5.78. The maximum Gasteiger partial charge on any atom is 0.160 e. The van der Waals surface area contributed by atoms with E-state index in [0.717, 1.165) is 42.7 Å². The summed E-state index contributed by atoms with van der Waals surface area (Å²) in [7, 11) is 0. The van der Waals surface area contributed by atoms with Crippen LogP contribution in [0.5, 0.6) is 0 Å². The number of Topliss-reactive ketones (excluding diaryl/α,β-unsaturated/α-hetero) is 1. The van der Waals surface area contributed by atoms with Gasteiger partial charge >= 0.3 is 0 Å². The van der Waals surface area contributed by atoms with Crippen molar-refractivity contribution in [3.63, 3.8) is 0 Å². The molecule has 1 aliphatic carbocycles. The van der Waals surface area contributed by atoms with Crippen molar-refractivity contribution >= 4 is 17.5 Å². The Morgan fingerprint density at radius 1 is 1.43 bits per heavy atom. The lowest BCUT2D eigenvalue weighted by molar-refractivity contribution is -0.117. The number of carbonyl (C=O) groups is 1. The molecule has 0 bridgehead atoms. The molecule has 0 aliphatic heterocycles. The van der Waals surface area contributed by atoms with Gasteiger partial charge in [0.1, 0.15) is 0 Å². The molecule has 4 heteroatoms. The van der Waals surface area contributed by atoms with Crippen molar-refractivity contribution in [3.8, 4) is 0 Å². The van der Waals surface area contributed by atoms with Gasteiger partial charge < -0.3 is 0 Å². The van der Waals surface area contributed by atoms with Gasteiger partial charge in [-0.2, -0.15) is 11.8 Å². The Balaban J connectivity index is 2.62. The number of nitrogens with one attached hydrogen (secondary N) is 1. The summed E-state index contributed by atoms with van der Waals surface area (Å²) in [5, 5.41) is 0.662. The zero-order chi connectivity index (χ0) is 15.7. The van der Waals surface area contributed by atoms with Crippen LogP contribution in [0.2, 0.25) is 0 Å². The number of ketones is 1. The highest BCUT2D eigenvalue weighted by Gasteiger charge is 2.27. The quantitative estimate of drug-likeness (QED) is 0.503. The number of allylic oxidation sites excluding steroid dienone is 2. The van der Waals surface area contributed by atoms with Gasteiger partial charge in [-0.1, -0.05) is 27.2 Å². The van der Waals surface area contributed by atoms with Gasteiger partial charge in [-0.05, 0) is 44.3 Å². The first-order valence-electron chi connectivity index (χ1n) is 8.36. The molecule has 0 spiro atoms. The van der Waals surface area contributed by atoms with Gasteiger partial charge in [0.05, 0.1) is 6.61 Å². The molecule has 3 nitrogen and oxygen atoms in total. The lowest BCUT2D eigenvalue weighted by Crippen LogP contribution is -2.25. The van der Waals surface area contributed by atoms with Gasteiger partial charge in [0.15, 0.2) is 5.78 Å². The third-order valence-electron chi connectivity index (χ3n) is 3.93. The number of rotatable bonds is 9. The van der Waals surface area contributed by atoms with Crippen molar-refractivity contribution in [3.05, 3.63) is 11.3 Å². The monoisotopic (exact) mass is 313 g/mol. The Labute approximate surface area is 134 Å². The fourth-order valence-electron chi connectivity index (χ4n) is 2.99. The molecule has 0 heterocycles. The molecule has 0 aromatic rings. The molecule has 0 radical (unpaired) electrons. The van der Waals surface area contributed by atoms with Crippen LogP contribution >= 0.6 is 11.8 Å². The van der Waals surface area contributed by atoms with E-state index in [-0.39, 0.29) is 0 Å².